The molecule has 0 fully saturated rings. The van der Waals surface area contributed by atoms with Crippen LogP contribution in [0.2, 0.25) is 0 Å². The molecular formula is C15H24O2. The van der Waals surface area contributed by atoms with E-state index in [1.54, 1.807) is 6.92 Å². The maximum atomic E-state index is 11.8. The zero-order chi connectivity index (χ0) is 13.1. The summed E-state index contributed by atoms with van der Waals surface area (Å²) in [6.07, 6.45) is 7.08. The van der Waals surface area contributed by atoms with Crippen molar-refractivity contribution in [3.05, 3.63) is 23.3 Å². The number of hydrogen-bond acceptors (Lipinski definition) is 2. The second-order valence-corrected chi connectivity index (χ2v) is 5.91. The molecule has 0 aromatic carbocycles. The lowest BCUT2D eigenvalue weighted by molar-refractivity contribution is -0.115. The van der Waals surface area contributed by atoms with Crippen LogP contribution in [0.4, 0.5) is 0 Å². The molecule has 2 nitrogen and oxygen atoms in total. The number of rotatable bonds is 5. The van der Waals surface area contributed by atoms with E-state index in [0.29, 0.717) is 12.2 Å². The molecule has 1 atom stereocenters. The molecule has 0 saturated heterocycles. The number of carbonyl (C=O) groups is 1. The molecule has 1 aliphatic rings. The number of aliphatic hydroxyl groups is 1. The first-order valence-corrected chi connectivity index (χ1v) is 6.39. The van der Waals surface area contributed by atoms with Gasteiger partial charge in [-0.3, -0.25) is 4.79 Å². The number of ketones is 1. The first-order chi connectivity index (χ1) is 7.80. The summed E-state index contributed by atoms with van der Waals surface area (Å²) in [6.45, 7) is 8.06. The zero-order valence-corrected chi connectivity index (χ0v) is 11.4. The average Bonchev–Trinajstić information content (AvgIpc) is 2.38. The molecule has 1 N–H and O–H groups in total. The quantitative estimate of drug-likeness (QED) is 0.743. The third kappa shape index (κ3) is 4.86. The van der Waals surface area contributed by atoms with E-state index < -0.39 is 0 Å². The maximum Gasteiger partial charge on any atom is 0.159 e. The Morgan fingerprint density at radius 2 is 2.24 bits per heavy atom. The lowest BCUT2D eigenvalue weighted by Crippen LogP contribution is -2.05. The molecule has 1 aliphatic carbocycles. The molecule has 96 valence electrons. The van der Waals surface area contributed by atoms with E-state index in [0.717, 1.165) is 24.8 Å². The van der Waals surface area contributed by atoms with E-state index in [9.17, 15) is 4.79 Å². The molecular weight excluding hydrogens is 212 g/mol. The van der Waals surface area contributed by atoms with Crippen molar-refractivity contribution >= 4 is 5.78 Å². The van der Waals surface area contributed by atoms with Crippen molar-refractivity contribution in [1.29, 1.82) is 0 Å². The van der Waals surface area contributed by atoms with E-state index in [2.05, 4.69) is 32.9 Å². The van der Waals surface area contributed by atoms with Crippen LogP contribution >= 0.6 is 0 Å². The fraction of sp³-hybridized carbons (Fsp3) is 0.667. The fourth-order valence-corrected chi connectivity index (χ4v) is 2.22. The molecule has 2 heteroatoms. The molecule has 0 aromatic rings. The van der Waals surface area contributed by atoms with Gasteiger partial charge in [0, 0.05) is 6.42 Å². The molecule has 0 amide bonds. The third-order valence-electron chi connectivity index (χ3n) is 3.09. The summed E-state index contributed by atoms with van der Waals surface area (Å²) in [5.41, 5.74) is 2.22. The second-order valence-electron chi connectivity index (χ2n) is 5.91. The van der Waals surface area contributed by atoms with Gasteiger partial charge in [-0.25, -0.2) is 0 Å². The predicted molar refractivity (Wildman–Crippen MR) is 70.8 cm³/mol. The monoisotopic (exact) mass is 236 g/mol. The topological polar surface area (TPSA) is 37.3 Å². The van der Waals surface area contributed by atoms with Crippen molar-refractivity contribution < 1.29 is 9.90 Å². The van der Waals surface area contributed by atoms with Gasteiger partial charge >= 0.3 is 0 Å². The molecule has 0 aromatic heterocycles. The van der Waals surface area contributed by atoms with E-state index in [-0.39, 0.29) is 11.5 Å². The summed E-state index contributed by atoms with van der Waals surface area (Å²) >= 11 is 0. The number of aliphatic hydroxyl groups excluding tert-OH is 1. The minimum atomic E-state index is -0.245. The largest absolute Gasteiger partial charge is 0.393 e. The molecule has 0 aliphatic heterocycles. The van der Waals surface area contributed by atoms with Gasteiger partial charge in [-0.15, -0.1) is 0 Å². The molecule has 0 radical (unpaired) electrons. The minimum Gasteiger partial charge on any atom is -0.393 e. The van der Waals surface area contributed by atoms with Crippen LogP contribution in [0, 0.1) is 5.41 Å². The number of hydrogen-bond donors (Lipinski definition) is 1. The Hall–Kier alpha value is -0.890. The van der Waals surface area contributed by atoms with Crippen LogP contribution in [0.1, 0.15) is 53.4 Å². The molecule has 1 rings (SSSR count). The Morgan fingerprint density at radius 3 is 2.71 bits per heavy atom. The highest BCUT2D eigenvalue weighted by Gasteiger charge is 2.29. The van der Waals surface area contributed by atoms with E-state index in [1.165, 1.54) is 5.57 Å². The van der Waals surface area contributed by atoms with Crippen LogP contribution in [0.5, 0.6) is 0 Å². The molecule has 0 bridgehead atoms. The number of carbonyl (C=O) groups excluding carboxylic acids is 1. The zero-order valence-electron chi connectivity index (χ0n) is 11.4. The van der Waals surface area contributed by atoms with Gasteiger partial charge in [0.05, 0.1) is 6.10 Å². The standard InChI is InChI=1S/C15H24O2/c1-11(6-5-7-12(2)16)8-13-9-15(3,4)10-14(13)17/h6,9,12,16H,5,7-8,10H2,1-4H3/t12-/m0/s1. The lowest BCUT2D eigenvalue weighted by atomic mass is 9.93. The summed E-state index contributed by atoms with van der Waals surface area (Å²) in [5.74, 6) is 0.290. The average molecular weight is 236 g/mol. The Labute approximate surface area is 104 Å². The first kappa shape index (κ1) is 14.2. The highest BCUT2D eigenvalue weighted by molar-refractivity contribution is 5.98. The van der Waals surface area contributed by atoms with Crippen LogP contribution in [-0.4, -0.2) is 17.0 Å². The molecule has 0 unspecified atom stereocenters. The SMILES string of the molecule is CC(=CCC[C@H](C)O)CC1=CC(C)(C)CC1=O. The maximum absolute atomic E-state index is 11.8. The van der Waals surface area contributed by atoms with E-state index >= 15 is 0 Å². The summed E-state index contributed by atoms with van der Waals surface area (Å²) in [4.78, 5) is 11.8. The van der Waals surface area contributed by atoms with Crippen LogP contribution < -0.4 is 0 Å². The van der Waals surface area contributed by atoms with Crippen molar-refractivity contribution in [3.8, 4) is 0 Å². The summed E-state index contributed by atoms with van der Waals surface area (Å²) < 4.78 is 0. The summed E-state index contributed by atoms with van der Waals surface area (Å²) in [6, 6.07) is 0. The fourth-order valence-electron chi connectivity index (χ4n) is 2.22. The Bertz CT molecular complexity index is 346. The van der Waals surface area contributed by atoms with Crippen molar-refractivity contribution in [3.63, 3.8) is 0 Å². The summed E-state index contributed by atoms with van der Waals surface area (Å²) in [5, 5.41) is 9.17. The van der Waals surface area contributed by atoms with Crippen molar-refractivity contribution in [1.82, 2.24) is 0 Å². The number of allylic oxidation sites excluding steroid dienone is 4. The van der Waals surface area contributed by atoms with Crippen LogP contribution in [0.15, 0.2) is 23.3 Å². The molecule has 17 heavy (non-hydrogen) atoms. The minimum absolute atomic E-state index is 0.0340. The van der Waals surface area contributed by atoms with Crippen molar-refractivity contribution in [2.24, 2.45) is 5.41 Å². The van der Waals surface area contributed by atoms with Gasteiger partial charge in [0.15, 0.2) is 5.78 Å². The van der Waals surface area contributed by atoms with Gasteiger partial charge in [-0.05, 0) is 44.1 Å². The van der Waals surface area contributed by atoms with Crippen molar-refractivity contribution in [2.75, 3.05) is 0 Å². The Kier molecular flexibility index (Phi) is 4.70. The van der Waals surface area contributed by atoms with E-state index in [1.807, 2.05) is 0 Å². The van der Waals surface area contributed by atoms with Gasteiger partial charge in [0.1, 0.15) is 0 Å². The first-order valence-electron chi connectivity index (χ1n) is 6.39. The van der Waals surface area contributed by atoms with Crippen LogP contribution in [0.3, 0.4) is 0 Å². The summed E-state index contributed by atoms with van der Waals surface area (Å²) in [7, 11) is 0. The molecule has 0 heterocycles. The van der Waals surface area contributed by atoms with Gasteiger partial charge < -0.3 is 5.11 Å². The van der Waals surface area contributed by atoms with Gasteiger partial charge in [0.25, 0.3) is 0 Å². The van der Waals surface area contributed by atoms with Gasteiger partial charge in [0.2, 0.25) is 0 Å². The normalized spacial score (nSPS) is 21.6. The highest BCUT2D eigenvalue weighted by atomic mass is 16.3. The predicted octanol–water partition coefficient (Wildman–Crippen LogP) is 3.41. The van der Waals surface area contributed by atoms with Gasteiger partial charge in [-0.1, -0.05) is 31.6 Å². The van der Waals surface area contributed by atoms with Crippen LogP contribution in [0.25, 0.3) is 0 Å². The Balaban J connectivity index is 2.52. The van der Waals surface area contributed by atoms with Crippen molar-refractivity contribution in [2.45, 2.75) is 59.5 Å². The molecule has 0 spiro atoms. The third-order valence-corrected chi connectivity index (χ3v) is 3.09. The molecule has 0 saturated carbocycles. The second kappa shape index (κ2) is 5.63. The Morgan fingerprint density at radius 1 is 1.59 bits per heavy atom. The smallest absolute Gasteiger partial charge is 0.159 e. The lowest BCUT2D eigenvalue weighted by Gasteiger charge is -2.10. The van der Waals surface area contributed by atoms with Gasteiger partial charge in [-0.2, -0.15) is 0 Å². The highest BCUT2D eigenvalue weighted by Crippen LogP contribution is 2.34. The number of Topliss-reactive ketones (excluding diaryl/α,β-unsaturated/α-hetero) is 1. The van der Waals surface area contributed by atoms with E-state index in [4.69, 9.17) is 5.11 Å². The van der Waals surface area contributed by atoms with Crippen LogP contribution in [-0.2, 0) is 4.79 Å².